The average molecular weight is 572 g/mol. The SMILES string of the molecule is CCOc1cc(/C=C2\N=C(c3ccc(C)c([N+](=O)[O-])c3)OC2=O)cc(Cl)c1OCc1ccc(Br)cc1. The summed E-state index contributed by atoms with van der Waals surface area (Å²) in [7, 11) is 0. The molecule has 0 saturated carbocycles. The van der Waals surface area contributed by atoms with Crippen molar-refractivity contribution < 1.29 is 23.9 Å². The number of carbonyl (C=O) groups is 1. The maximum Gasteiger partial charge on any atom is 0.363 e. The number of halogens is 2. The number of rotatable bonds is 8. The molecule has 8 nitrogen and oxygen atoms in total. The van der Waals surface area contributed by atoms with Crippen molar-refractivity contribution in [2.24, 2.45) is 4.99 Å². The van der Waals surface area contributed by atoms with Crippen LogP contribution in [0.3, 0.4) is 0 Å². The van der Waals surface area contributed by atoms with E-state index in [4.69, 9.17) is 25.8 Å². The molecule has 3 aromatic carbocycles. The lowest BCUT2D eigenvalue weighted by Gasteiger charge is -2.14. The van der Waals surface area contributed by atoms with E-state index in [0.29, 0.717) is 39.8 Å². The molecule has 3 aromatic rings. The number of carbonyl (C=O) groups excluding carboxylic acids is 1. The van der Waals surface area contributed by atoms with Crippen LogP contribution in [0.4, 0.5) is 5.69 Å². The van der Waals surface area contributed by atoms with Gasteiger partial charge in [0.05, 0.1) is 16.6 Å². The Hall–Kier alpha value is -3.69. The Bertz CT molecular complexity index is 1400. The number of aliphatic imine (C=N–C) groups is 1. The lowest BCUT2D eigenvalue weighted by Crippen LogP contribution is -2.06. The number of nitrogens with zero attached hydrogens (tertiary/aromatic N) is 2. The van der Waals surface area contributed by atoms with Gasteiger partial charge in [0, 0.05) is 21.7 Å². The Labute approximate surface area is 220 Å². The number of hydrogen-bond acceptors (Lipinski definition) is 7. The molecule has 0 saturated heterocycles. The highest BCUT2D eigenvalue weighted by molar-refractivity contribution is 9.10. The highest BCUT2D eigenvalue weighted by atomic mass is 79.9. The van der Waals surface area contributed by atoms with Gasteiger partial charge in [-0.15, -0.1) is 0 Å². The lowest BCUT2D eigenvalue weighted by molar-refractivity contribution is -0.385. The fourth-order valence-electron chi connectivity index (χ4n) is 3.44. The predicted molar refractivity (Wildman–Crippen MR) is 140 cm³/mol. The van der Waals surface area contributed by atoms with Crippen LogP contribution >= 0.6 is 27.5 Å². The van der Waals surface area contributed by atoms with Crippen molar-refractivity contribution in [2.45, 2.75) is 20.5 Å². The molecule has 0 N–H and O–H groups in total. The zero-order valence-electron chi connectivity index (χ0n) is 19.3. The molecular weight excluding hydrogens is 552 g/mol. The van der Waals surface area contributed by atoms with Crippen LogP contribution < -0.4 is 9.47 Å². The molecule has 36 heavy (non-hydrogen) atoms. The number of nitro groups is 1. The van der Waals surface area contributed by atoms with E-state index in [9.17, 15) is 14.9 Å². The van der Waals surface area contributed by atoms with Gasteiger partial charge in [0.25, 0.3) is 5.69 Å². The van der Waals surface area contributed by atoms with E-state index < -0.39 is 10.9 Å². The van der Waals surface area contributed by atoms with Crippen LogP contribution in [0.25, 0.3) is 6.08 Å². The van der Waals surface area contributed by atoms with Crippen LogP contribution in [0, 0.1) is 17.0 Å². The van der Waals surface area contributed by atoms with E-state index in [1.54, 1.807) is 31.2 Å². The zero-order chi connectivity index (χ0) is 25.8. The van der Waals surface area contributed by atoms with Crippen molar-refractivity contribution in [3.05, 3.63) is 102 Å². The first-order valence-corrected chi connectivity index (χ1v) is 12.0. The molecule has 1 heterocycles. The highest BCUT2D eigenvalue weighted by Crippen LogP contribution is 2.38. The Morgan fingerprint density at radius 1 is 1.14 bits per heavy atom. The minimum atomic E-state index is -0.683. The van der Waals surface area contributed by atoms with Crippen molar-refractivity contribution in [1.82, 2.24) is 0 Å². The largest absolute Gasteiger partial charge is 0.490 e. The average Bonchev–Trinajstić information content (AvgIpc) is 3.20. The molecule has 184 valence electrons. The third-order valence-corrected chi connectivity index (χ3v) is 6.01. The lowest BCUT2D eigenvalue weighted by atomic mass is 10.1. The summed E-state index contributed by atoms with van der Waals surface area (Å²) in [5.74, 6) is 0.102. The van der Waals surface area contributed by atoms with Crippen LogP contribution in [0.15, 0.2) is 69.8 Å². The van der Waals surface area contributed by atoms with Gasteiger partial charge >= 0.3 is 5.97 Å². The molecule has 0 fully saturated rings. The topological polar surface area (TPSA) is 100 Å². The predicted octanol–water partition coefficient (Wildman–Crippen LogP) is 6.64. The van der Waals surface area contributed by atoms with Gasteiger partial charge in [0.1, 0.15) is 6.61 Å². The van der Waals surface area contributed by atoms with E-state index in [1.165, 1.54) is 12.1 Å². The fraction of sp³-hybridized carbons (Fsp3) is 0.154. The van der Waals surface area contributed by atoms with E-state index in [2.05, 4.69) is 20.9 Å². The van der Waals surface area contributed by atoms with Crippen LogP contribution in [0.5, 0.6) is 11.5 Å². The third kappa shape index (κ3) is 5.75. The number of cyclic esters (lactones) is 1. The van der Waals surface area contributed by atoms with Gasteiger partial charge in [-0.25, -0.2) is 9.79 Å². The van der Waals surface area contributed by atoms with E-state index in [0.717, 1.165) is 10.0 Å². The summed E-state index contributed by atoms with van der Waals surface area (Å²) in [6.45, 7) is 4.13. The van der Waals surface area contributed by atoms with Gasteiger partial charge in [-0.2, -0.15) is 0 Å². The van der Waals surface area contributed by atoms with Crippen LogP contribution in [0.2, 0.25) is 5.02 Å². The number of esters is 1. The van der Waals surface area contributed by atoms with Gasteiger partial charge in [0.2, 0.25) is 5.90 Å². The van der Waals surface area contributed by atoms with Gasteiger partial charge in [-0.3, -0.25) is 10.1 Å². The summed E-state index contributed by atoms with van der Waals surface area (Å²) >= 11 is 9.92. The smallest absolute Gasteiger partial charge is 0.363 e. The molecule has 0 amide bonds. The van der Waals surface area contributed by atoms with E-state index >= 15 is 0 Å². The van der Waals surface area contributed by atoms with Gasteiger partial charge < -0.3 is 14.2 Å². The summed E-state index contributed by atoms with van der Waals surface area (Å²) in [6.07, 6.45) is 1.50. The Morgan fingerprint density at radius 3 is 2.58 bits per heavy atom. The summed E-state index contributed by atoms with van der Waals surface area (Å²) in [5.41, 5.74) is 2.26. The normalized spacial score (nSPS) is 13.9. The summed E-state index contributed by atoms with van der Waals surface area (Å²) in [4.78, 5) is 27.5. The summed E-state index contributed by atoms with van der Waals surface area (Å²) < 4.78 is 17.9. The number of nitro benzene ring substituents is 1. The standard InChI is InChI=1S/C26H20BrClN2O6/c1-3-34-23-12-17(10-20(28)24(23)35-14-16-5-8-19(27)9-6-16)11-21-26(31)36-25(29-21)18-7-4-15(2)22(13-18)30(32)33/h4-13H,3,14H2,1-2H3/b21-11-. The quantitative estimate of drug-likeness (QED) is 0.130. The van der Waals surface area contributed by atoms with Crippen molar-refractivity contribution >= 4 is 51.2 Å². The van der Waals surface area contributed by atoms with Crippen molar-refractivity contribution in [2.75, 3.05) is 6.61 Å². The maximum atomic E-state index is 12.5. The molecule has 4 rings (SSSR count). The molecule has 0 spiro atoms. The molecule has 0 aliphatic carbocycles. The second-order valence-electron chi connectivity index (χ2n) is 7.77. The summed E-state index contributed by atoms with van der Waals surface area (Å²) in [6, 6.07) is 15.5. The number of ether oxygens (including phenoxy) is 3. The van der Waals surface area contributed by atoms with Crippen molar-refractivity contribution in [3.8, 4) is 11.5 Å². The minimum Gasteiger partial charge on any atom is -0.490 e. The minimum absolute atomic E-state index is 0.0140. The molecular formula is C26H20BrClN2O6. The van der Waals surface area contributed by atoms with Crippen LogP contribution in [-0.2, 0) is 16.1 Å². The van der Waals surface area contributed by atoms with E-state index in [1.807, 2.05) is 31.2 Å². The number of aryl methyl sites for hydroxylation is 1. The molecule has 1 aliphatic rings. The van der Waals surface area contributed by atoms with Crippen molar-refractivity contribution in [3.63, 3.8) is 0 Å². The second-order valence-corrected chi connectivity index (χ2v) is 9.10. The van der Waals surface area contributed by atoms with Gasteiger partial charge in [0.15, 0.2) is 17.2 Å². The van der Waals surface area contributed by atoms with Crippen LogP contribution in [-0.4, -0.2) is 23.4 Å². The molecule has 1 aliphatic heterocycles. The second kappa shape index (κ2) is 10.9. The zero-order valence-corrected chi connectivity index (χ0v) is 21.6. The molecule has 10 heteroatoms. The highest BCUT2D eigenvalue weighted by Gasteiger charge is 2.26. The number of hydrogen-bond donors (Lipinski definition) is 0. The molecule has 0 unspecified atom stereocenters. The van der Waals surface area contributed by atoms with Gasteiger partial charge in [-0.1, -0.05) is 45.7 Å². The molecule has 0 aromatic heterocycles. The Balaban J connectivity index is 1.62. The Morgan fingerprint density at radius 2 is 1.89 bits per heavy atom. The first kappa shape index (κ1) is 25.4. The fourth-order valence-corrected chi connectivity index (χ4v) is 3.98. The Kier molecular flexibility index (Phi) is 7.71. The molecule has 0 radical (unpaired) electrons. The van der Waals surface area contributed by atoms with Gasteiger partial charge in [-0.05, 0) is 61.4 Å². The molecule has 0 bridgehead atoms. The van der Waals surface area contributed by atoms with Crippen LogP contribution in [0.1, 0.15) is 29.2 Å². The first-order valence-electron chi connectivity index (χ1n) is 10.9. The first-order chi connectivity index (χ1) is 17.2. The third-order valence-electron chi connectivity index (χ3n) is 5.20. The van der Waals surface area contributed by atoms with Crippen molar-refractivity contribution in [1.29, 1.82) is 0 Å². The molecule has 0 atom stereocenters. The number of benzene rings is 3. The van der Waals surface area contributed by atoms with E-state index in [-0.39, 0.29) is 23.9 Å². The monoisotopic (exact) mass is 570 g/mol. The maximum absolute atomic E-state index is 12.5. The summed E-state index contributed by atoms with van der Waals surface area (Å²) in [5, 5.41) is 11.6.